The van der Waals surface area contributed by atoms with Crippen LogP contribution in [-0.4, -0.2) is 19.8 Å². The van der Waals surface area contributed by atoms with Crippen LogP contribution in [-0.2, 0) is 10.0 Å². The van der Waals surface area contributed by atoms with E-state index in [9.17, 15) is 26.4 Å². The van der Waals surface area contributed by atoms with E-state index >= 15 is 0 Å². The summed E-state index contributed by atoms with van der Waals surface area (Å²) in [7, 11) is -5.91. The highest BCUT2D eigenvalue weighted by Crippen LogP contribution is 2.32. The molecule has 4 nitrogen and oxygen atoms in total. The molecule has 122 valence electrons. The molecule has 0 fully saturated rings. The van der Waals surface area contributed by atoms with Crippen LogP contribution in [0.25, 0.3) is 0 Å². The monoisotopic (exact) mass is 363 g/mol. The number of hydrogen-bond acceptors (Lipinski definition) is 3. The fraction of sp³-hybridized carbons (Fsp3) is 0.0714. The van der Waals surface area contributed by atoms with Crippen LogP contribution in [0.5, 0.6) is 0 Å². The predicted octanol–water partition coefficient (Wildman–Crippen LogP) is 3.84. The number of nitrogens with zero attached hydrogens (tertiary/aromatic N) is 1. The van der Waals surface area contributed by atoms with E-state index in [2.05, 4.69) is 0 Å². The summed E-state index contributed by atoms with van der Waals surface area (Å²) in [6, 6.07) is 11.3. The number of alkyl halides is 3. The van der Waals surface area contributed by atoms with Crippen molar-refractivity contribution in [3.8, 4) is 0 Å². The van der Waals surface area contributed by atoms with Crippen LogP contribution in [0.1, 0.15) is 10.4 Å². The predicted molar refractivity (Wildman–Crippen MR) is 79.7 cm³/mol. The number of benzene rings is 2. The van der Waals surface area contributed by atoms with Crippen molar-refractivity contribution in [2.45, 2.75) is 5.51 Å². The largest absolute Gasteiger partial charge is 0.517 e. The zero-order valence-corrected chi connectivity index (χ0v) is 12.9. The van der Waals surface area contributed by atoms with Crippen LogP contribution in [0.3, 0.4) is 0 Å². The number of rotatable bonds is 3. The molecule has 0 unspecified atom stereocenters. The lowest BCUT2D eigenvalue weighted by Gasteiger charge is -2.23. The van der Waals surface area contributed by atoms with E-state index < -0.39 is 27.1 Å². The van der Waals surface area contributed by atoms with Gasteiger partial charge in [-0.1, -0.05) is 35.9 Å². The van der Waals surface area contributed by atoms with Gasteiger partial charge in [-0.2, -0.15) is 25.9 Å². The summed E-state index contributed by atoms with van der Waals surface area (Å²) >= 11 is 5.70. The Morgan fingerprint density at radius 3 is 2.13 bits per heavy atom. The molecule has 0 saturated heterocycles. The maximum absolute atomic E-state index is 12.9. The summed E-state index contributed by atoms with van der Waals surface area (Å²) in [6.07, 6.45) is 0. The van der Waals surface area contributed by atoms with Crippen LogP contribution in [0.2, 0.25) is 5.02 Å². The number of amides is 1. The molecule has 0 atom stereocenters. The number of carbonyl (C=O) groups excluding carboxylic acids is 1. The Kier molecular flexibility index (Phi) is 4.67. The van der Waals surface area contributed by atoms with Crippen LogP contribution in [0.4, 0.5) is 18.9 Å². The van der Waals surface area contributed by atoms with Crippen molar-refractivity contribution >= 4 is 33.2 Å². The summed E-state index contributed by atoms with van der Waals surface area (Å²) in [4.78, 5) is 12.4. The van der Waals surface area contributed by atoms with E-state index in [4.69, 9.17) is 11.6 Å². The van der Waals surface area contributed by atoms with Crippen LogP contribution in [0.15, 0.2) is 54.6 Å². The summed E-state index contributed by atoms with van der Waals surface area (Å²) in [6.45, 7) is 0. The lowest BCUT2D eigenvalue weighted by atomic mass is 10.2. The third-order valence-corrected chi connectivity index (χ3v) is 4.46. The molecular weight excluding hydrogens is 355 g/mol. The van der Waals surface area contributed by atoms with Gasteiger partial charge >= 0.3 is 15.5 Å². The summed E-state index contributed by atoms with van der Waals surface area (Å²) in [5.74, 6) is -1.35. The van der Waals surface area contributed by atoms with E-state index in [1.807, 2.05) is 0 Å². The number of hydrogen-bond donors (Lipinski definition) is 0. The Hall–Kier alpha value is -2.06. The van der Waals surface area contributed by atoms with Gasteiger partial charge in [0.25, 0.3) is 5.91 Å². The second-order valence-corrected chi connectivity index (χ2v) is 6.58. The quantitative estimate of drug-likeness (QED) is 0.832. The number of carbonyl (C=O) groups is 1. The zero-order valence-electron chi connectivity index (χ0n) is 11.3. The molecule has 0 radical (unpaired) electrons. The van der Waals surface area contributed by atoms with Gasteiger partial charge in [-0.3, -0.25) is 4.79 Å². The Balaban J connectivity index is 2.62. The van der Waals surface area contributed by atoms with Gasteiger partial charge in [-0.15, -0.1) is 0 Å². The van der Waals surface area contributed by atoms with Gasteiger partial charge in [0.15, 0.2) is 0 Å². The van der Waals surface area contributed by atoms with Crippen molar-refractivity contribution in [2.24, 2.45) is 0 Å². The molecule has 0 aromatic heterocycles. The molecule has 0 bridgehead atoms. The van der Waals surface area contributed by atoms with Gasteiger partial charge in [-0.05, 0) is 30.3 Å². The Morgan fingerprint density at radius 1 is 1.00 bits per heavy atom. The molecule has 2 aromatic rings. The first-order valence-electron chi connectivity index (χ1n) is 6.11. The Bertz CT molecular complexity index is 823. The number of halogens is 4. The summed E-state index contributed by atoms with van der Waals surface area (Å²) in [5.41, 5.74) is -6.33. The smallest absolute Gasteiger partial charge is 0.268 e. The van der Waals surface area contributed by atoms with Gasteiger partial charge < -0.3 is 0 Å². The van der Waals surface area contributed by atoms with Gasteiger partial charge in [-0.25, -0.2) is 0 Å². The van der Waals surface area contributed by atoms with Crippen LogP contribution in [0, 0.1) is 0 Å². The average Bonchev–Trinajstić information content (AvgIpc) is 2.47. The van der Waals surface area contributed by atoms with Crippen molar-refractivity contribution in [3.05, 3.63) is 65.2 Å². The van der Waals surface area contributed by atoms with Crippen molar-refractivity contribution in [1.29, 1.82) is 0 Å². The van der Waals surface area contributed by atoms with Crippen molar-refractivity contribution in [3.63, 3.8) is 0 Å². The minimum absolute atomic E-state index is 0.0910. The molecule has 0 heterocycles. The first-order chi connectivity index (χ1) is 10.6. The molecular formula is C14H9ClF3NO3S. The summed E-state index contributed by atoms with van der Waals surface area (Å²) in [5, 5.41) is 0.0910. The standard InChI is InChI=1S/C14H9ClF3NO3S/c15-11-6-4-5-10(9-11)13(20)19(12-7-2-1-3-8-12)23(21,22)14(16,17)18/h1-9H. The molecule has 0 spiro atoms. The summed E-state index contributed by atoms with van der Waals surface area (Å²) < 4.78 is 62.1. The van der Waals surface area contributed by atoms with Gasteiger partial charge in [0.2, 0.25) is 0 Å². The molecule has 1 amide bonds. The number of anilines is 1. The SMILES string of the molecule is O=C(c1cccc(Cl)c1)N(c1ccccc1)S(=O)(=O)C(F)(F)F. The lowest BCUT2D eigenvalue weighted by Crippen LogP contribution is -2.44. The average molecular weight is 364 g/mol. The van der Waals surface area contributed by atoms with Gasteiger partial charge in [0, 0.05) is 10.6 Å². The van der Waals surface area contributed by atoms with Crippen molar-refractivity contribution in [1.82, 2.24) is 0 Å². The minimum Gasteiger partial charge on any atom is -0.268 e. The molecule has 23 heavy (non-hydrogen) atoms. The highest BCUT2D eigenvalue weighted by molar-refractivity contribution is 7.94. The fourth-order valence-electron chi connectivity index (χ4n) is 1.77. The highest BCUT2D eigenvalue weighted by atomic mass is 35.5. The molecule has 0 aliphatic carbocycles. The second kappa shape index (κ2) is 6.21. The van der Waals surface area contributed by atoms with E-state index in [0.29, 0.717) is 0 Å². The normalized spacial score (nSPS) is 12.0. The molecule has 0 aliphatic heterocycles. The highest BCUT2D eigenvalue weighted by Gasteiger charge is 2.52. The van der Waals surface area contributed by atoms with E-state index in [1.54, 1.807) is 0 Å². The van der Waals surface area contributed by atoms with Crippen LogP contribution >= 0.6 is 11.6 Å². The van der Waals surface area contributed by atoms with Gasteiger partial charge in [0.05, 0.1) is 5.69 Å². The maximum Gasteiger partial charge on any atom is 0.517 e. The van der Waals surface area contributed by atoms with Gasteiger partial charge in [0.1, 0.15) is 0 Å². The lowest BCUT2D eigenvalue weighted by molar-refractivity contribution is -0.0437. The first kappa shape index (κ1) is 17.3. The first-order valence-corrected chi connectivity index (χ1v) is 7.93. The number of para-hydroxylation sites is 1. The van der Waals surface area contributed by atoms with Crippen molar-refractivity contribution in [2.75, 3.05) is 4.31 Å². The van der Waals surface area contributed by atoms with E-state index in [0.717, 1.165) is 18.2 Å². The third-order valence-electron chi connectivity index (χ3n) is 2.78. The molecule has 0 saturated carbocycles. The Labute approximate surface area is 135 Å². The molecule has 2 aromatic carbocycles. The minimum atomic E-state index is -5.91. The maximum atomic E-state index is 12.9. The van der Waals surface area contributed by atoms with Crippen molar-refractivity contribution < 1.29 is 26.4 Å². The fourth-order valence-corrected chi connectivity index (χ4v) is 2.89. The number of sulfonamides is 1. The molecule has 0 aliphatic rings. The molecule has 9 heteroatoms. The molecule has 0 N–H and O–H groups in total. The second-order valence-electron chi connectivity index (χ2n) is 4.37. The zero-order chi connectivity index (χ0) is 17.3. The van der Waals surface area contributed by atoms with E-state index in [1.165, 1.54) is 36.4 Å². The third kappa shape index (κ3) is 3.48. The Morgan fingerprint density at radius 2 is 1.61 bits per heavy atom. The molecule has 2 rings (SSSR count). The van der Waals surface area contributed by atoms with Crippen LogP contribution < -0.4 is 4.31 Å². The van der Waals surface area contributed by atoms with E-state index in [-0.39, 0.29) is 14.9 Å². The topological polar surface area (TPSA) is 54.5 Å².